The Morgan fingerprint density at radius 2 is 1.81 bits per heavy atom. The van der Waals surface area contributed by atoms with Crippen LogP contribution in [0.3, 0.4) is 0 Å². The summed E-state index contributed by atoms with van der Waals surface area (Å²) in [4.78, 5) is 36.5. The van der Waals surface area contributed by atoms with Gasteiger partial charge in [-0.3, -0.25) is 9.59 Å². The minimum absolute atomic E-state index is 0.257. The Bertz CT molecular complexity index is 1150. The van der Waals surface area contributed by atoms with Gasteiger partial charge in [-0.05, 0) is 41.3 Å². The van der Waals surface area contributed by atoms with E-state index in [-0.39, 0.29) is 12.2 Å². The van der Waals surface area contributed by atoms with Crippen LogP contribution in [0.2, 0.25) is 0 Å². The molecule has 0 saturated carbocycles. The minimum Gasteiger partial charge on any atom is -0.422 e. The second-order valence-corrected chi connectivity index (χ2v) is 7.04. The van der Waals surface area contributed by atoms with Crippen LogP contribution in [0.15, 0.2) is 71.1 Å². The van der Waals surface area contributed by atoms with Gasteiger partial charge in [-0.1, -0.05) is 30.3 Å². The summed E-state index contributed by atoms with van der Waals surface area (Å²) in [5.41, 5.74) is 3.79. The zero-order chi connectivity index (χ0) is 22.1. The second-order valence-electron chi connectivity index (χ2n) is 6.09. The Balaban J connectivity index is 1.57. The molecule has 0 atom stereocenters. The monoisotopic (exact) mass is 432 g/mol. The standard InChI is InChI=1S/C22H16N4O4S/c23-12-11-15-7-9-17(10-8-15)25-20(27)21(28)26-24-14-16-4-1-2-5-18(16)30-22(29)19-6-3-13-31-19/h1-10,13-14H,11H2,(H,25,27)(H,26,28)/b24-14+. The van der Waals surface area contributed by atoms with Gasteiger partial charge in [0.25, 0.3) is 0 Å². The normalized spacial score (nSPS) is 10.3. The Labute approximate surface area is 181 Å². The first-order chi connectivity index (χ1) is 15.1. The number of ether oxygens (including phenoxy) is 1. The second kappa shape index (κ2) is 10.5. The summed E-state index contributed by atoms with van der Waals surface area (Å²) in [6, 6.07) is 18.6. The number of nitrogens with one attached hydrogen (secondary N) is 2. The summed E-state index contributed by atoms with van der Waals surface area (Å²) in [5.74, 6) is -2.10. The molecule has 8 nitrogen and oxygen atoms in total. The zero-order valence-corrected chi connectivity index (χ0v) is 16.9. The van der Waals surface area contributed by atoms with Crippen LogP contribution >= 0.6 is 11.3 Å². The summed E-state index contributed by atoms with van der Waals surface area (Å²) >= 11 is 1.26. The molecule has 0 saturated heterocycles. The highest BCUT2D eigenvalue weighted by atomic mass is 32.1. The Hall–Kier alpha value is -4.29. The molecule has 3 aromatic rings. The third-order valence-corrected chi connectivity index (χ3v) is 4.76. The largest absolute Gasteiger partial charge is 0.422 e. The van der Waals surface area contributed by atoms with Crippen LogP contribution in [-0.4, -0.2) is 24.0 Å². The van der Waals surface area contributed by atoms with Crippen LogP contribution in [0.5, 0.6) is 5.75 Å². The first kappa shape index (κ1) is 21.4. The van der Waals surface area contributed by atoms with Crippen LogP contribution < -0.4 is 15.5 Å². The van der Waals surface area contributed by atoms with Crippen molar-refractivity contribution in [3.8, 4) is 11.8 Å². The van der Waals surface area contributed by atoms with Crippen LogP contribution in [0.1, 0.15) is 20.8 Å². The molecule has 0 fully saturated rings. The zero-order valence-electron chi connectivity index (χ0n) is 16.1. The number of hydrogen-bond acceptors (Lipinski definition) is 7. The molecule has 9 heteroatoms. The molecule has 0 unspecified atom stereocenters. The fourth-order valence-electron chi connectivity index (χ4n) is 2.42. The van der Waals surface area contributed by atoms with E-state index in [1.807, 2.05) is 6.07 Å². The number of esters is 1. The predicted octanol–water partition coefficient (Wildman–Crippen LogP) is 3.12. The molecule has 2 amide bonds. The van der Waals surface area contributed by atoms with Gasteiger partial charge in [-0.15, -0.1) is 11.3 Å². The summed E-state index contributed by atoms with van der Waals surface area (Å²) in [6.45, 7) is 0. The van der Waals surface area contributed by atoms with Gasteiger partial charge in [0.2, 0.25) is 0 Å². The highest BCUT2D eigenvalue weighted by molar-refractivity contribution is 7.12. The number of anilines is 1. The van der Waals surface area contributed by atoms with E-state index in [0.29, 0.717) is 16.1 Å². The van der Waals surface area contributed by atoms with Crippen molar-refractivity contribution in [2.75, 3.05) is 5.32 Å². The highest BCUT2D eigenvalue weighted by Crippen LogP contribution is 2.19. The third-order valence-electron chi connectivity index (χ3n) is 3.91. The van der Waals surface area contributed by atoms with Crippen molar-refractivity contribution < 1.29 is 19.1 Å². The molecule has 0 bridgehead atoms. The molecule has 0 aliphatic carbocycles. The van der Waals surface area contributed by atoms with Gasteiger partial charge in [-0.25, -0.2) is 10.2 Å². The van der Waals surface area contributed by atoms with Crippen LogP contribution in [-0.2, 0) is 16.0 Å². The van der Waals surface area contributed by atoms with Crippen LogP contribution in [0.25, 0.3) is 0 Å². The van der Waals surface area contributed by atoms with E-state index in [9.17, 15) is 14.4 Å². The fourth-order valence-corrected chi connectivity index (χ4v) is 3.02. The highest BCUT2D eigenvalue weighted by Gasteiger charge is 2.14. The number of nitriles is 1. The van der Waals surface area contributed by atoms with E-state index < -0.39 is 17.8 Å². The maximum Gasteiger partial charge on any atom is 0.353 e. The van der Waals surface area contributed by atoms with E-state index in [0.717, 1.165) is 5.56 Å². The minimum atomic E-state index is -0.967. The van der Waals surface area contributed by atoms with Gasteiger partial charge in [0, 0.05) is 11.3 Å². The summed E-state index contributed by atoms with van der Waals surface area (Å²) in [5, 5.41) is 16.6. The number of amides is 2. The van der Waals surface area contributed by atoms with Crippen molar-refractivity contribution in [3.05, 3.63) is 82.0 Å². The van der Waals surface area contributed by atoms with E-state index in [2.05, 4.69) is 15.8 Å². The van der Waals surface area contributed by atoms with Crippen molar-refractivity contribution in [2.24, 2.45) is 5.10 Å². The number of benzene rings is 2. The topological polar surface area (TPSA) is 121 Å². The number of para-hydroxylation sites is 1. The smallest absolute Gasteiger partial charge is 0.353 e. The van der Waals surface area contributed by atoms with Gasteiger partial charge in [0.05, 0.1) is 18.7 Å². The SMILES string of the molecule is N#CCc1ccc(NC(=O)C(=O)N/N=C/c2ccccc2OC(=O)c2cccs2)cc1. The molecule has 31 heavy (non-hydrogen) atoms. The molecule has 0 radical (unpaired) electrons. The quantitative estimate of drug-likeness (QED) is 0.204. The molecule has 1 aromatic heterocycles. The average molecular weight is 432 g/mol. The van der Waals surface area contributed by atoms with E-state index in [1.54, 1.807) is 66.0 Å². The Morgan fingerprint density at radius 3 is 2.52 bits per heavy atom. The number of hydrazone groups is 1. The maximum absolute atomic E-state index is 12.1. The number of carbonyl (C=O) groups excluding carboxylic acids is 3. The van der Waals surface area contributed by atoms with Gasteiger partial charge in [0.1, 0.15) is 10.6 Å². The molecule has 3 rings (SSSR count). The van der Waals surface area contributed by atoms with Gasteiger partial charge < -0.3 is 10.1 Å². The Kier molecular flexibility index (Phi) is 7.24. The molecule has 154 valence electrons. The first-order valence-corrected chi connectivity index (χ1v) is 9.90. The lowest BCUT2D eigenvalue weighted by Crippen LogP contribution is -2.32. The average Bonchev–Trinajstić information content (AvgIpc) is 3.31. The lowest BCUT2D eigenvalue weighted by atomic mass is 10.1. The molecule has 1 heterocycles. The first-order valence-electron chi connectivity index (χ1n) is 9.02. The Morgan fingerprint density at radius 1 is 1.03 bits per heavy atom. The fraction of sp³-hybridized carbons (Fsp3) is 0.0455. The maximum atomic E-state index is 12.1. The van der Waals surface area contributed by atoms with E-state index in [4.69, 9.17) is 10.00 Å². The molecule has 2 aromatic carbocycles. The van der Waals surface area contributed by atoms with Crippen molar-refractivity contribution >= 4 is 41.0 Å². The van der Waals surface area contributed by atoms with Crippen molar-refractivity contribution in [1.29, 1.82) is 5.26 Å². The van der Waals surface area contributed by atoms with Crippen molar-refractivity contribution in [1.82, 2.24) is 5.43 Å². The lowest BCUT2D eigenvalue weighted by Gasteiger charge is -2.06. The molecule has 0 aliphatic rings. The molecular formula is C22H16N4O4S. The number of hydrogen-bond donors (Lipinski definition) is 2. The van der Waals surface area contributed by atoms with E-state index in [1.165, 1.54) is 17.6 Å². The summed E-state index contributed by atoms with van der Waals surface area (Å²) in [6.07, 6.45) is 1.53. The van der Waals surface area contributed by atoms with Gasteiger partial charge in [-0.2, -0.15) is 10.4 Å². The van der Waals surface area contributed by atoms with Crippen molar-refractivity contribution in [2.45, 2.75) is 6.42 Å². The predicted molar refractivity (Wildman–Crippen MR) is 116 cm³/mol. The molecule has 0 aliphatic heterocycles. The lowest BCUT2D eigenvalue weighted by molar-refractivity contribution is -0.136. The number of nitrogens with zero attached hydrogens (tertiary/aromatic N) is 2. The van der Waals surface area contributed by atoms with E-state index >= 15 is 0 Å². The van der Waals surface area contributed by atoms with Gasteiger partial charge in [0.15, 0.2) is 0 Å². The number of carbonyl (C=O) groups is 3. The molecule has 2 N–H and O–H groups in total. The number of thiophene rings is 1. The summed E-state index contributed by atoms with van der Waals surface area (Å²) in [7, 11) is 0. The molecule has 0 spiro atoms. The van der Waals surface area contributed by atoms with Crippen molar-refractivity contribution in [3.63, 3.8) is 0 Å². The summed E-state index contributed by atoms with van der Waals surface area (Å²) < 4.78 is 5.37. The third kappa shape index (κ3) is 6.09. The molecular weight excluding hydrogens is 416 g/mol. The van der Waals surface area contributed by atoms with Gasteiger partial charge >= 0.3 is 17.8 Å². The van der Waals surface area contributed by atoms with Crippen LogP contribution in [0.4, 0.5) is 5.69 Å². The van der Waals surface area contributed by atoms with Crippen LogP contribution in [0, 0.1) is 11.3 Å². The number of rotatable bonds is 6.